The van der Waals surface area contributed by atoms with Crippen molar-refractivity contribution in [3.05, 3.63) is 53.6 Å². The van der Waals surface area contributed by atoms with E-state index in [1.807, 2.05) is 30.3 Å². The lowest BCUT2D eigenvalue weighted by molar-refractivity contribution is -0.0505. The Morgan fingerprint density at radius 3 is 2.63 bits per heavy atom. The highest BCUT2D eigenvalue weighted by Crippen LogP contribution is 2.38. The van der Waals surface area contributed by atoms with E-state index in [9.17, 15) is 13.0 Å². The molecule has 0 spiro atoms. The van der Waals surface area contributed by atoms with Crippen LogP contribution < -0.4 is 24.8 Å². The Hall–Kier alpha value is -2.88. The van der Waals surface area contributed by atoms with E-state index in [0.29, 0.717) is 41.1 Å². The van der Waals surface area contributed by atoms with Crippen LogP contribution >= 0.6 is 0 Å². The number of alkyl halides is 2. The number of benzene rings is 2. The second kappa shape index (κ2) is 10.8. The lowest BCUT2D eigenvalue weighted by Crippen LogP contribution is -2.38. The van der Waals surface area contributed by atoms with Gasteiger partial charge in [-0.3, -0.25) is 9.20 Å². The summed E-state index contributed by atoms with van der Waals surface area (Å²) < 4.78 is 52.8. The molecule has 0 amide bonds. The molecule has 1 atom stereocenters. The zero-order chi connectivity index (χ0) is 21.3. The van der Waals surface area contributed by atoms with E-state index in [1.165, 1.54) is 6.07 Å². The molecule has 0 fully saturated rings. The summed E-state index contributed by atoms with van der Waals surface area (Å²) >= 11 is 0. The van der Waals surface area contributed by atoms with Crippen LogP contribution in [0.1, 0.15) is 11.1 Å². The summed E-state index contributed by atoms with van der Waals surface area (Å²) in [5.41, 5.74) is 1.49. The SMILES string of the molecule is CN=C(NCCS(=O)Cc1ccccc1)NCc1cc2c(cc1OC(F)F)OCO2. The van der Waals surface area contributed by atoms with E-state index in [2.05, 4.69) is 20.4 Å². The second-order valence-electron chi connectivity index (χ2n) is 6.32. The van der Waals surface area contributed by atoms with Gasteiger partial charge in [0.1, 0.15) is 5.75 Å². The fourth-order valence-corrected chi connectivity index (χ4v) is 3.86. The van der Waals surface area contributed by atoms with Crippen LogP contribution in [-0.2, 0) is 23.1 Å². The summed E-state index contributed by atoms with van der Waals surface area (Å²) in [7, 11) is 0.571. The van der Waals surface area contributed by atoms with Crippen molar-refractivity contribution in [2.75, 3.05) is 26.1 Å². The van der Waals surface area contributed by atoms with Gasteiger partial charge in [0.05, 0.1) is 0 Å². The number of rotatable bonds is 9. The topological polar surface area (TPSA) is 81.2 Å². The van der Waals surface area contributed by atoms with Crippen LogP contribution in [0.2, 0.25) is 0 Å². The van der Waals surface area contributed by atoms with Crippen molar-refractivity contribution in [2.24, 2.45) is 4.99 Å². The minimum atomic E-state index is -2.96. The maximum atomic E-state index is 12.7. The Morgan fingerprint density at radius 2 is 1.93 bits per heavy atom. The fraction of sp³-hybridized carbons (Fsp3) is 0.350. The van der Waals surface area contributed by atoms with Crippen LogP contribution in [-0.4, -0.2) is 42.9 Å². The van der Waals surface area contributed by atoms with Crippen molar-refractivity contribution < 1.29 is 27.2 Å². The molecule has 0 bridgehead atoms. The van der Waals surface area contributed by atoms with Crippen molar-refractivity contribution >= 4 is 16.8 Å². The van der Waals surface area contributed by atoms with Crippen molar-refractivity contribution in [3.8, 4) is 17.2 Å². The lowest BCUT2D eigenvalue weighted by Gasteiger charge is -2.15. The van der Waals surface area contributed by atoms with Crippen molar-refractivity contribution in [3.63, 3.8) is 0 Å². The van der Waals surface area contributed by atoms with E-state index in [1.54, 1.807) is 13.1 Å². The molecule has 0 aliphatic carbocycles. The van der Waals surface area contributed by atoms with Crippen molar-refractivity contribution in [1.29, 1.82) is 0 Å². The summed E-state index contributed by atoms with van der Waals surface area (Å²) in [5.74, 6) is 2.21. The van der Waals surface area contributed by atoms with Crippen LogP contribution in [0.15, 0.2) is 47.5 Å². The van der Waals surface area contributed by atoms with Gasteiger partial charge in [0, 0.05) is 54.1 Å². The minimum Gasteiger partial charge on any atom is -0.454 e. The highest BCUT2D eigenvalue weighted by atomic mass is 32.2. The molecule has 2 aromatic rings. The number of ether oxygens (including phenoxy) is 3. The molecule has 1 heterocycles. The van der Waals surface area contributed by atoms with Gasteiger partial charge in [-0.25, -0.2) is 0 Å². The van der Waals surface area contributed by atoms with Gasteiger partial charge >= 0.3 is 6.61 Å². The molecule has 2 aromatic carbocycles. The van der Waals surface area contributed by atoms with Gasteiger partial charge in [-0.2, -0.15) is 8.78 Å². The predicted molar refractivity (Wildman–Crippen MR) is 111 cm³/mol. The van der Waals surface area contributed by atoms with Gasteiger partial charge in [0.2, 0.25) is 6.79 Å². The number of nitrogens with zero attached hydrogens (tertiary/aromatic N) is 1. The quantitative estimate of drug-likeness (QED) is 0.462. The van der Waals surface area contributed by atoms with Crippen LogP contribution in [0.4, 0.5) is 8.78 Å². The molecule has 2 N–H and O–H groups in total. The normalized spacial score (nSPS) is 13.9. The zero-order valence-electron chi connectivity index (χ0n) is 16.4. The lowest BCUT2D eigenvalue weighted by atomic mass is 10.1. The van der Waals surface area contributed by atoms with Gasteiger partial charge in [-0.15, -0.1) is 0 Å². The summed E-state index contributed by atoms with van der Waals surface area (Å²) in [6.45, 7) is -2.31. The smallest absolute Gasteiger partial charge is 0.387 e. The molecule has 7 nitrogen and oxygen atoms in total. The monoisotopic (exact) mass is 439 g/mol. The second-order valence-corrected chi connectivity index (χ2v) is 7.89. The first-order valence-electron chi connectivity index (χ1n) is 9.26. The van der Waals surface area contributed by atoms with E-state index in [0.717, 1.165) is 5.56 Å². The van der Waals surface area contributed by atoms with E-state index in [4.69, 9.17) is 9.47 Å². The van der Waals surface area contributed by atoms with Gasteiger partial charge < -0.3 is 24.8 Å². The molecule has 0 saturated carbocycles. The maximum absolute atomic E-state index is 12.7. The van der Waals surface area contributed by atoms with Crippen LogP contribution in [0.3, 0.4) is 0 Å². The number of hydrogen-bond acceptors (Lipinski definition) is 5. The number of hydrogen-bond donors (Lipinski definition) is 2. The van der Waals surface area contributed by atoms with Gasteiger partial charge in [0.15, 0.2) is 17.5 Å². The summed E-state index contributed by atoms with van der Waals surface area (Å²) in [5, 5.41) is 6.10. The fourth-order valence-electron chi connectivity index (χ4n) is 2.82. The van der Waals surface area contributed by atoms with Crippen molar-refractivity contribution in [1.82, 2.24) is 10.6 Å². The molecular formula is C20H23F2N3O4S. The summed E-state index contributed by atoms with van der Waals surface area (Å²) in [6.07, 6.45) is 0. The minimum absolute atomic E-state index is 0.00108. The van der Waals surface area contributed by atoms with E-state index < -0.39 is 17.4 Å². The molecule has 30 heavy (non-hydrogen) atoms. The third-order valence-corrected chi connectivity index (χ3v) is 5.55. The first-order chi connectivity index (χ1) is 14.5. The molecule has 0 saturated heterocycles. The Balaban J connectivity index is 1.51. The molecule has 10 heteroatoms. The van der Waals surface area contributed by atoms with Crippen LogP contribution in [0, 0.1) is 0 Å². The Labute approximate surface area is 175 Å². The molecule has 1 aliphatic heterocycles. The third-order valence-electron chi connectivity index (χ3n) is 4.23. The summed E-state index contributed by atoms with van der Waals surface area (Å²) in [4.78, 5) is 4.10. The largest absolute Gasteiger partial charge is 0.454 e. The van der Waals surface area contributed by atoms with Crippen molar-refractivity contribution in [2.45, 2.75) is 18.9 Å². The first-order valence-corrected chi connectivity index (χ1v) is 10.7. The maximum Gasteiger partial charge on any atom is 0.387 e. The van der Waals surface area contributed by atoms with Gasteiger partial charge in [-0.05, 0) is 11.6 Å². The number of fused-ring (bicyclic) bond motifs is 1. The van der Waals surface area contributed by atoms with E-state index >= 15 is 0 Å². The molecule has 162 valence electrons. The number of nitrogens with one attached hydrogen (secondary N) is 2. The molecule has 1 aliphatic rings. The average Bonchev–Trinajstić information content (AvgIpc) is 3.18. The number of aliphatic imine (C=N–C) groups is 1. The third kappa shape index (κ3) is 6.31. The predicted octanol–water partition coefficient (Wildman–Crippen LogP) is 2.63. The summed E-state index contributed by atoms with van der Waals surface area (Å²) in [6, 6.07) is 12.6. The number of halogens is 2. The van der Waals surface area contributed by atoms with Gasteiger partial charge in [-0.1, -0.05) is 30.3 Å². The standard InChI is InChI=1S/C20H23F2N3O4S/c1-23-20(24-7-8-30(26)12-14-5-3-2-4-6-14)25-11-15-9-17-18(28-13-27-17)10-16(15)29-19(21)22/h2-6,9-10,19H,7-8,11-13H2,1H3,(H2,23,24,25). The van der Waals surface area contributed by atoms with Crippen LogP contribution in [0.5, 0.6) is 17.2 Å². The molecule has 0 radical (unpaired) electrons. The van der Waals surface area contributed by atoms with Crippen LogP contribution in [0.25, 0.3) is 0 Å². The van der Waals surface area contributed by atoms with Gasteiger partial charge in [0.25, 0.3) is 0 Å². The van der Waals surface area contributed by atoms with E-state index in [-0.39, 0.29) is 19.1 Å². The first kappa shape index (κ1) is 21.8. The highest BCUT2D eigenvalue weighted by molar-refractivity contribution is 7.84. The molecular weight excluding hydrogens is 416 g/mol. The molecule has 0 aromatic heterocycles. The zero-order valence-corrected chi connectivity index (χ0v) is 17.2. The molecule has 1 unspecified atom stereocenters. The highest BCUT2D eigenvalue weighted by Gasteiger charge is 2.20. The Bertz CT molecular complexity index is 897. The Kier molecular flexibility index (Phi) is 7.83. The average molecular weight is 439 g/mol. The Morgan fingerprint density at radius 1 is 1.20 bits per heavy atom. The number of guanidine groups is 1. The molecule has 3 rings (SSSR count).